The van der Waals surface area contributed by atoms with Gasteiger partial charge in [-0.05, 0) is 37.1 Å². The number of hydrogen-bond acceptors (Lipinski definition) is 4. The Bertz CT molecular complexity index is 548. The second-order valence-corrected chi connectivity index (χ2v) is 5.89. The first-order valence-corrected chi connectivity index (χ1v) is 8.72. The first kappa shape index (κ1) is 18.0. The Balaban J connectivity index is 1.43. The molecule has 130 valence electrons. The number of unbranched alkanes of at least 4 members (excludes halogenated alkanes) is 5. The normalized spacial score (nSPS) is 10.5. The molecule has 4 heteroatoms. The molecule has 0 saturated heterocycles. The second-order valence-electron chi connectivity index (χ2n) is 5.89. The van der Waals surface area contributed by atoms with E-state index in [1.165, 1.54) is 25.7 Å². The largest absolute Gasteiger partial charge is 0.491 e. The zero-order valence-electron chi connectivity index (χ0n) is 14.2. The standard InChI is InChI=1S/C20H28N2O2/c21-17-11-5-7-13-19(17)23-15-9-3-1-2-4-10-16-24-20-14-8-6-12-18(20)22/h5-8,11-14H,1-4,9-10,15-16,21-22H2. The molecule has 0 aromatic heterocycles. The lowest BCUT2D eigenvalue weighted by Gasteiger charge is -2.09. The maximum absolute atomic E-state index is 5.84. The predicted molar refractivity (Wildman–Crippen MR) is 100 cm³/mol. The van der Waals surface area contributed by atoms with Crippen molar-refractivity contribution in [1.29, 1.82) is 0 Å². The first-order chi connectivity index (χ1) is 11.8. The van der Waals surface area contributed by atoms with Gasteiger partial charge in [-0.3, -0.25) is 0 Å². The first-order valence-electron chi connectivity index (χ1n) is 8.72. The maximum Gasteiger partial charge on any atom is 0.142 e. The van der Waals surface area contributed by atoms with E-state index in [4.69, 9.17) is 20.9 Å². The zero-order chi connectivity index (χ0) is 17.0. The van der Waals surface area contributed by atoms with Gasteiger partial charge >= 0.3 is 0 Å². The summed E-state index contributed by atoms with van der Waals surface area (Å²) in [6.07, 6.45) is 6.93. The van der Waals surface area contributed by atoms with E-state index in [1.54, 1.807) is 0 Å². The summed E-state index contributed by atoms with van der Waals surface area (Å²) in [5, 5.41) is 0. The van der Waals surface area contributed by atoms with Crippen molar-refractivity contribution >= 4 is 11.4 Å². The molecule has 0 fully saturated rings. The lowest BCUT2D eigenvalue weighted by atomic mass is 10.1. The molecular formula is C20H28N2O2. The summed E-state index contributed by atoms with van der Waals surface area (Å²) in [5.41, 5.74) is 13.1. The number of nitrogens with two attached hydrogens (primary N) is 2. The van der Waals surface area contributed by atoms with Crippen LogP contribution in [0.2, 0.25) is 0 Å². The van der Waals surface area contributed by atoms with Crippen molar-refractivity contribution < 1.29 is 9.47 Å². The molecular weight excluding hydrogens is 300 g/mol. The van der Waals surface area contributed by atoms with Gasteiger partial charge in [-0.2, -0.15) is 0 Å². The Kier molecular flexibility index (Phi) is 7.81. The Morgan fingerprint density at radius 2 is 0.917 bits per heavy atom. The van der Waals surface area contributed by atoms with E-state index in [9.17, 15) is 0 Å². The Morgan fingerprint density at radius 3 is 1.33 bits per heavy atom. The van der Waals surface area contributed by atoms with Crippen LogP contribution in [-0.2, 0) is 0 Å². The van der Waals surface area contributed by atoms with E-state index < -0.39 is 0 Å². The fourth-order valence-corrected chi connectivity index (χ4v) is 2.50. The highest BCUT2D eigenvalue weighted by molar-refractivity contribution is 5.52. The average molecular weight is 328 g/mol. The summed E-state index contributed by atoms with van der Waals surface area (Å²) in [6, 6.07) is 15.3. The Labute approximate surface area is 144 Å². The number of hydrogen-bond donors (Lipinski definition) is 2. The van der Waals surface area contributed by atoms with Crippen LogP contribution in [0.3, 0.4) is 0 Å². The lowest BCUT2D eigenvalue weighted by Crippen LogP contribution is -2.01. The van der Waals surface area contributed by atoms with Gasteiger partial charge in [0.05, 0.1) is 24.6 Å². The van der Waals surface area contributed by atoms with E-state index >= 15 is 0 Å². The highest BCUT2D eigenvalue weighted by Gasteiger charge is 1.99. The van der Waals surface area contributed by atoms with Gasteiger partial charge in [0, 0.05) is 0 Å². The fraction of sp³-hybridized carbons (Fsp3) is 0.400. The van der Waals surface area contributed by atoms with Gasteiger partial charge in [0.1, 0.15) is 11.5 Å². The molecule has 0 bridgehead atoms. The van der Waals surface area contributed by atoms with Gasteiger partial charge in [-0.25, -0.2) is 0 Å². The average Bonchev–Trinajstić information content (AvgIpc) is 2.59. The fourth-order valence-electron chi connectivity index (χ4n) is 2.50. The van der Waals surface area contributed by atoms with Crippen LogP contribution in [0.4, 0.5) is 11.4 Å². The number of benzene rings is 2. The molecule has 0 radical (unpaired) electrons. The van der Waals surface area contributed by atoms with Crippen LogP contribution in [0.15, 0.2) is 48.5 Å². The maximum atomic E-state index is 5.84. The molecule has 2 aromatic rings. The molecule has 0 spiro atoms. The molecule has 0 atom stereocenters. The van der Waals surface area contributed by atoms with Crippen molar-refractivity contribution in [2.24, 2.45) is 0 Å². The molecule has 4 N–H and O–H groups in total. The van der Waals surface area contributed by atoms with Crippen molar-refractivity contribution in [3.8, 4) is 11.5 Å². The van der Waals surface area contributed by atoms with E-state index in [0.717, 1.165) is 37.6 Å². The second kappa shape index (κ2) is 10.4. The summed E-state index contributed by atoms with van der Waals surface area (Å²) in [4.78, 5) is 0. The lowest BCUT2D eigenvalue weighted by molar-refractivity contribution is 0.298. The number of para-hydroxylation sites is 4. The van der Waals surface area contributed by atoms with Crippen LogP contribution in [0.1, 0.15) is 38.5 Å². The SMILES string of the molecule is Nc1ccccc1OCCCCCCCCOc1ccccc1N. The molecule has 0 aliphatic heterocycles. The van der Waals surface area contributed by atoms with Gasteiger partial charge in [0.25, 0.3) is 0 Å². The van der Waals surface area contributed by atoms with E-state index in [1.807, 2.05) is 48.5 Å². The van der Waals surface area contributed by atoms with Crippen LogP contribution in [0.5, 0.6) is 11.5 Å². The van der Waals surface area contributed by atoms with Crippen molar-refractivity contribution in [1.82, 2.24) is 0 Å². The number of anilines is 2. The smallest absolute Gasteiger partial charge is 0.142 e. The minimum atomic E-state index is 0.705. The van der Waals surface area contributed by atoms with Gasteiger partial charge in [0.2, 0.25) is 0 Å². The van der Waals surface area contributed by atoms with Crippen molar-refractivity contribution in [2.45, 2.75) is 38.5 Å². The quantitative estimate of drug-likeness (QED) is 0.465. The molecule has 2 aromatic carbocycles. The molecule has 0 aliphatic rings. The molecule has 0 heterocycles. The van der Waals surface area contributed by atoms with Crippen molar-refractivity contribution in [3.63, 3.8) is 0 Å². The molecule has 0 saturated carbocycles. The molecule has 24 heavy (non-hydrogen) atoms. The van der Waals surface area contributed by atoms with Crippen LogP contribution in [0.25, 0.3) is 0 Å². The zero-order valence-corrected chi connectivity index (χ0v) is 14.2. The van der Waals surface area contributed by atoms with E-state index in [2.05, 4.69) is 0 Å². The summed E-state index contributed by atoms with van der Waals surface area (Å²) in [5.74, 6) is 1.57. The summed E-state index contributed by atoms with van der Waals surface area (Å²) in [7, 11) is 0. The monoisotopic (exact) mass is 328 g/mol. The Hall–Kier alpha value is -2.36. The predicted octanol–water partition coefficient (Wildman–Crippen LogP) is 4.65. The molecule has 0 aliphatic carbocycles. The van der Waals surface area contributed by atoms with E-state index in [-0.39, 0.29) is 0 Å². The minimum Gasteiger partial charge on any atom is -0.491 e. The van der Waals surface area contributed by atoms with Crippen LogP contribution >= 0.6 is 0 Å². The van der Waals surface area contributed by atoms with Crippen molar-refractivity contribution in [3.05, 3.63) is 48.5 Å². The number of ether oxygens (including phenoxy) is 2. The minimum absolute atomic E-state index is 0.705. The summed E-state index contributed by atoms with van der Waals surface area (Å²) < 4.78 is 11.4. The van der Waals surface area contributed by atoms with Gasteiger partial charge in [-0.1, -0.05) is 49.9 Å². The van der Waals surface area contributed by atoms with Gasteiger partial charge < -0.3 is 20.9 Å². The molecule has 2 rings (SSSR count). The third kappa shape index (κ3) is 6.41. The highest BCUT2D eigenvalue weighted by Crippen LogP contribution is 2.21. The molecule has 0 unspecified atom stereocenters. The Morgan fingerprint density at radius 1 is 0.542 bits per heavy atom. The van der Waals surface area contributed by atoms with Crippen LogP contribution in [-0.4, -0.2) is 13.2 Å². The number of rotatable bonds is 11. The molecule has 0 amide bonds. The van der Waals surface area contributed by atoms with Gasteiger partial charge in [-0.15, -0.1) is 0 Å². The van der Waals surface area contributed by atoms with Crippen molar-refractivity contribution in [2.75, 3.05) is 24.7 Å². The van der Waals surface area contributed by atoms with Crippen LogP contribution in [0, 0.1) is 0 Å². The highest BCUT2D eigenvalue weighted by atomic mass is 16.5. The topological polar surface area (TPSA) is 70.5 Å². The summed E-state index contributed by atoms with van der Waals surface area (Å²) in [6.45, 7) is 1.45. The number of nitrogen functional groups attached to an aromatic ring is 2. The third-order valence-electron chi connectivity index (χ3n) is 3.89. The molecule has 4 nitrogen and oxygen atoms in total. The van der Waals surface area contributed by atoms with Gasteiger partial charge in [0.15, 0.2) is 0 Å². The summed E-state index contributed by atoms with van der Waals surface area (Å²) >= 11 is 0. The van der Waals surface area contributed by atoms with E-state index in [0.29, 0.717) is 11.4 Å². The third-order valence-corrected chi connectivity index (χ3v) is 3.89. The van der Waals surface area contributed by atoms with Crippen LogP contribution < -0.4 is 20.9 Å².